The van der Waals surface area contributed by atoms with E-state index >= 15 is 0 Å². The summed E-state index contributed by atoms with van der Waals surface area (Å²) in [7, 11) is 2.09. The number of fused-ring (bicyclic) bond motifs is 2. The fourth-order valence-corrected chi connectivity index (χ4v) is 7.53. The Morgan fingerprint density at radius 3 is 2.69 bits per heavy atom. The minimum atomic E-state index is 0.0961. The van der Waals surface area contributed by atoms with Crippen molar-refractivity contribution in [3.05, 3.63) is 40.7 Å². The molecule has 2 fully saturated rings. The maximum atomic E-state index is 13.0. The van der Waals surface area contributed by atoms with E-state index in [1.165, 1.54) is 26.4 Å². The van der Waals surface area contributed by atoms with Gasteiger partial charge in [0.15, 0.2) is 5.65 Å². The summed E-state index contributed by atoms with van der Waals surface area (Å²) >= 11 is 1.94. The van der Waals surface area contributed by atoms with Gasteiger partial charge in [0.05, 0.1) is 22.0 Å². The van der Waals surface area contributed by atoms with Crippen molar-refractivity contribution >= 4 is 33.1 Å². The van der Waals surface area contributed by atoms with Crippen LogP contribution in [-0.4, -0.2) is 68.0 Å². The summed E-state index contributed by atoms with van der Waals surface area (Å²) in [6.07, 6.45) is 7.94. The van der Waals surface area contributed by atoms with Crippen LogP contribution in [0.25, 0.3) is 27.1 Å². The summed E-state index contributed by atoms with van der Waals surface area (Å²) in [5, 5.41) is 4.37. The van der Waals surface area contributed by atoms with Crippen molar-refractivity contribution < 1.29 is 4.79 Å². The number of thiophene rings is 1. The standard InChI is InChI=1S/C27H34N6OS/c1-16(2)23-24(19-12-17(3)26-28-15-29-33(26)14-19)30-20-13-22(35-25(20)23)18-7-10-32(11-8-18)27(34)21-6-5-9-31(21)4/h12-16,18,21,30H,5-11H2,1-4H3/t21-/m0/s1. The predicted molar refractivity (Wildman–Crippen MR) is 141 cm³/mol. The van der Waals surface area contributed by atoms with Gasteiger partial charge in [0.2, 0.25) is 5.91 Å². The van der Waals surface area contributed by atoms with E-state index in [4.69, 9.17) is 0 Å². The van der Waals surface area contributed by atoms with Gasteiger partial charge in [-0.3, -0.25) is 9.69 Å². The molecule has 6 heterocycles. The minimum absolute atomic E-state index is 0.0961. The number of pyridine rings is 1. The first-order chi connectivity index (χ1) is 16.9. The average molecular weight is 491 g/mol. The monoisotopic (exact) mass is 490 g/mol. The molecule has 0 bridgehead atoms. The number of aromatic amines is 1. The van der Waals surface area contributed by atoms with Gasteiger partial charge in [-0.1, -0.05) is 13.8 Å². The molecule has 4 aromatic rings. The number of hydrogen-bond donors (Lipinski definition) is 1. The van der Waals surface area contributed by atoms with Crippen LogP contribution in [0.2, 0.25) is 0 Å². The fraction of sp³-hybridized carbons (Fsp3) is 0.519. The van der Waals surface area contributed by atoms with Crippen LogP contribution >= 0.6 is 11.3 Å². The van der Waals surface area contributed by atoms with E-state index in [1.54, 1.807) is 6.33 Å². The maximum absolute atomic E-state index is 13.0. The average Bonchev–Trinajstić information content (AvgIpc) is 3.61. The molecule has 0 unspecified atom stereocenters. The lowest BCUT2D eigenvalue weighted by atomic mass is 9.94. The summed E-state index contributed by atoms with van der Waals surface area (Å²) < 4.78 is 3.24. The van der Waals surface area contributed by atoms with E-state index in [2.05, 4.69) is 71.0 Å². The molecule has 6 rings (SSSR count). The number of nitrogens with one attached hydrogen (secondary N) is 1. The first-order valence-corrected chi connectivity index (χ1v) is 13.7. The van der Waals surface area contributed by atoms with Crippen molar-refractivity contribution in [1.82, 2.24) is 29.4 Å². The van der Waals surface area contributed by atoms with Crippen LogP contribution in [0.1, 0.15) is 67.4 Å². The molecule has 2 aliphatic heterocycles. The van der Waals surface area contributed by atoms with Crippen molar-refractivity contribution in [1.29, 1.82) is 0 Å². The lowest BCUT2D eigenvalue weighted by molar-refractivity contribution is -0.136. The van der Waals surface area contributed by atoms with Gasteiger partial charge in [0.1, 0.15) is 6.33 Å². The van der Waals surface area contributed by atoms with Crippen molar-refractivity contribution in [3.8, 4) is 11.3 Å². The lowest BCUT2D eigenvalue weighted by Crippen LogP contribution is -2.47. The summed E-state index contributed by atoms with van der Waals surface area (Å²) in [5.41, 5.74) is 6.98. The zero-order valence-electron chi connectivity index (χ0n) is 21.0. The molecular weight excluding hydrogens is 456 g/mol. The van der Waals surface area contributed by atoms with E-state index < -0.39 is 0 Å². The highest BCUT2D eigenvalue weighted by atomic mass is 32.1. The zero-order valence-corrected chi connectivity index (χ0v) is 21.9. The first kappa shape index (κ1) is 22.7. The van der Waals surface area contributed by atoms with Gasteiger partial charge in [0, 0.05) is 29.7 Å². The van der Waals surface area contributed by atoms with Crippen LogP contribution in [0.5, 0.6) is 0 Å². The second-order valence-corrected chi connectivity index (χ2v) is 11.7. The number of nitrogens with zero attached hydrogens (tertiary/aromatic N) is 5. The molecule has 8 heteroatoms. The molecule has 4 aromatic heterocycles. The molecule has 0 aromatic carbocycles. The molecule has 1 atom stereocenters. The van der Waals surface area contributed by atoms with Crippen molar-refractivity contribution in [2.45, 2.75) is 64.3 Å². The largest absolute Gasteiger partial charge is 0.354 e. The number of piperidine rings is 1. The van der Waals surface area contributed by atoms with E-state index in [1.807, 2.05) is 15.9 Å². The molecule has 2 aliphatic rings. The Labute approximate surface area is 210 Å². The lowest BCUT2D eigenvalue weighted by Gasteiger charge is -2.34. The van der Waals surface area contributed by atoms with Crippen molar-refractivity contribution in [2.75, 3.05) is 26.7 Å². The Morgan fingerprint density at radius 2 is 1.97 bits per heavy atom. The minimum Gasteiger partial charge on any atom is -0.354 e. The fourth-order valence-electron chi connectivity index (χ4n) is 6.05. The van der Waals surface area contributed by atoms with E-state index in [-0.39, 0.29) is 6.04 Å². The van der Waals surface area contributed by atoms with E-state index in [9.17, 15) is 4.79 Å². The molecule has 35 heavy (non-hydrogen) atoms. The molecule has 0 spiro atoms. The third kappa shape index (κ3) is 3.87. The summed E-state index contributed by atoms with van der Waals surface area (Å²) in [4.78, 5) is 26.9. The van der Waals surface area contributed by atoms with Gasteiger partial charge in [-0.05, 0) is 81.3 Å². The Bertz CT molecular complexity index is 1390. The quantitative estimate of drug-likeness (QED) is 0.428. The number of likely N-dealkylation sites (tertiary alicyclic amines) is 2. The highest BCUT2D eigenvalue weighted by Gasteiger charge is 2.34. The topological polar surface area (TPSA) is 69.5 Å². The molecule has 184 valence electrons. The number of aromatic nitrogens is 4. The molecule has 2 saturated heterocycles. The number of aryl methyl sites for hydroxylation is 1. The van der Waals surface area contributed by atoms with Crippen LogP contribution < -0.4 is 0 Å². The highest BCUT2D eigenvalue weighted by molar-refractivity contribution is 7.19. The van der Waals surface area contributed by atoms with Gasteiger partial charge >= 0.3 is 0 Å². The van der Waals surface area contributed by atoms with Gasteiger partial charge < -0.3 is 9.88 Å². The third-order valence-electron chi connectivity index (χ3n) is 7.96. The maximum Gasteiger partial charge on any atom is 0.239 e. The molecule has 7 nitrogen and oxygen atoms in total. The second-order valence-electron chi connectivity index (χ2n) is 10.6. The van der Waals surface area contributed by atoms with Crippen LogP contribution in [-0.2, 0) is 4.79 Å². The number of carbonyl (C=O) groups excluding carboxylic acids is 1. The number of carbonyl (C=O) groups is 1. The van der Waals surface area contributed by atoms with Crippen molar-refractivity contribution in [3.63, 3.8) is 0 Å². The summed E-state index contributed by atoms with van der Waals surface area (Å²) in [5.74, 6) is 1.27. The first-order valence-electron chi connectivity index (χ1n) is 12.9. The normalized spacial score (nSPS) is 20.1. The number of amides is 1. The van der Waals surface area contributed by atoms with Crippen molar-refractivity contribution in [2.24, 2.45) is 0 Å². The Kier molecular flexibility index (Phi) is 5.68. The van der Waals surface area contributed by atoms with Crippen LogP contribution in [0.4, 0.5) is 0 Å². The van der Waals surface area contributed by atoms with Gasteiger partial charge in [-0.2, -0.15) is 5.10 Å². The van der Waals surface area contributed by atoms with Gasteiger partial charge in [0.25, 0.3) is 0 Å². The predicted octanol–water partition coefficient (Wildman–Crippen LogP) is 5.17. The number of likely N-dealkylation sites (N-methyl/N-ethyl adjacent to an activating group) is 1. The molecule has 0 radical (unpaired) electrons. The summed E-state index contributed by atoms with van der Waals surface area (Å²) in [6, 6.07) is 4.67. The molecule has 1 amide bonds. The van der Waals surface area contributed by atoms with Gasteiger partial charge in [-0.25, -0.2) is 9.50 Å². The Hall–Kier alpha value is -2.71. The molecule has 0 saturated carbocycles. The highest BCUT2D eigenvalue weighted by Crippen LogP contribution is 2.43. The summed E-state index contributed by atoms with van der Waals surface area (Å²) in [6.45, 7) is 9.43. The van der Waals surface area contributed by atoms with Crippen LogP contribution in [0.3, 0.4) is 0 Å². The van der Waals surface area contributed by atoms with E-state index in [0.717, 1.165) is 62.1 Å². The SMILES string of the molecule is Cc1cc(-c2[nH]c3cc(C4CCN(C(=O)[C@@H]5CCCN5C)CC4)sc3c2C(C)C)cn2ncnc12. The Balaban J connectivity index is 1.25. The van der Waals surface area contributed by atoms with Gasteiger partial charge in [-0.15, -0.1) is 11.3 Å². The zero-order chi connectivity index (χ0) is 24.3. The third-order valence-corrected chi connectivity index (χ3v) is 9.30. The Morgan fingerprint density at radius 1 is 1.17 bits per heavy atom. The van der Waals surface area contributed by atoms with E-state index in [0.29, 0.717) is 17.7 Å². The van der Waals surface area contributed by atoms with Crippen LogP contribution in [0, 0.1) is 6.92 Å². The smallest absolute Gasteiger partial charge is 0.239 e. The molecule has 1 N–H and O–H groups in total. The number of H-pyrrole nitrogens is 1. The number of hydrogen-bond acceptors (Lipinski definition) is 5. The second kappa shape index (κ2) is 8.75. The molecule has 0 aliphatic carbocycles. The molecular formula is C27H34N6OS. The number of rotatable bonds is 4. The van der Waals surface area contributed by atoms with Crippen LogP contribution in [0.15, 0.2) is 24.7 Å².